The number of benzene rings is 2. The monoisotopic (exact) mass is 462 g/mol. The molecule has 2 unspecified atom stereocenters. The summed E-state index contributed by atoms with van der Waals surface area (Å²) in [5.74, 6) is 0.0387. The van der Waals surface area contributed by atoms with Crippen molar-refractivity contribution in [2.75, 3.05) is 11.9 Å². The number of hydrogen-bond acceptors (Lipinski definition) is 3. The minimum atomic E-state index is -0.781. The smallest absolute Gasteiger partial charge is 0.227 e. The number of nitrogens with one attached hydrogen (secondary N) is 1. The Bertz CT molecular complexity index is 844. The van der Waals surface area contributed by atoms with Crippen molar-refractivity contribution in [3.8, 4) is 0 Å². The highest BCUT2D eigenvalue weighted by Crippen LogP contribution is 2.42. The van der Waals surface area contributed by atoms with E-state index < -0.39 is 11.6 Å². The molecule has 2 atom stereocenters. The molecule has 0 spiro atoms. The molecule has 0 saturated heterocycles. The number of halogens is 1. The third-order valence-corrected chi connectivity index (χ3v) is 6.55. The van der Waals surface area contributed by atoms with Gasteiger partial charge in [0.25, 0.3) is 0 Å². The number of fused-ring (bicyclic) bond motifs is 2. The molecule has 136 valence electrons. The lowest BCUT2D eigenvalue weighted by Gasteiger charge is -2.43. The summed E-state index contributed by atoms with van der Waals surface area (Å²) >= 11 is 2.28. The molecule has 4 rings (SSSR count). The van der Waals surface area contributed by atoms with E-state index in [-0.39, 0.29) is 11.9 Å². The Kier molecular flexibility index (Phi) is 4.57. The van der Waals surface area contributed by atoms with Gasteiger partial charge >= 0.3 is 0 Å². The molecule has 2 aromatic rings. The van der Waals surface area contributed by atoms with Crippen molar-refractivity contribution < 1.29 is 9.90 Å². The van der Waals surface area contributed by atoms with E-state index in [1.54, 1.807) is 11.9 Å². The molecule has 0 aromatic heterocycles. The average Bonchev–Trinajstić information content (AvgIpc) is 3.02. The van der Waals surface area contributed by atoms with Gasteiger partial charge in [0.15, 0.2) is 0 Å². The number of carbonyl (C=O) groups is 1. The maximum Gasteiger partial charge on any atom is 0.227 e. The van der Waals surface area contributed by atoms with Crippen LogP contribution in [0.15, 0.2) is 42.5 Å². The second-order valence-corrected chi connectivity index (χ2v) is 8.90. The molecule has 0 bridgehead atoms. The molecule has 0 fully saturated rings. The number of amides is 1. The van der Waals surface area contributed by atoms with E-state index in [0.29, 0.717) is 6.42 Å². The van der Waals surface area contributed by atoms with Crippen molar-refractivity contribution in [2.45, 2.75) is 43.9 Å². The molecular formula is C21H23IN2O2. The first-order chi connectivity index (χ1) is 12.4. The zero-order valence-corrected chi connectivity index (χ0v) is 17.2. The van der Waals surface area contributed by atoms with Crippen LogP contribution in [0, 0.1) is 3.57 Å². The van der Waals surface area contributed by atoms with Crippen molar-refractivity contribution in [1.82, 2.24) is 5.32 Å². The van der Waals surface area contributed by atoms with E-state index in [2.05, 4.69) is 58.2 Å². The fraction of sp³-hybridized carbons (Fsp3) is 0.381. The standard InChI is InChI=1S/C21H23IN2O2/c1-21(12-19(25)24(2)18-8-7-15(22)11-17(18)21)20(26)23-16-9-13-5-3-4-6-14(13)10-16/h3-8,11,16,20,23,26H,9-10,12H2,1-2H3. The van der Waals surface area contributed by atoms with E-state index in [4.69, 9.17) is 0 Å². The Labute approximate surface area is 167 Å². The van der Waals surface area contributed by atoms with Crippen LogP contribution in [0.2, 0.25) is 0 Å². The lowest BCUT2D eigenvalue weighted by atomic mass is 9.74. The molecule has 0 radical (unpaired) electrons. The first kappa shape index (κ1) is 17.9. The summed E-state index contributed by atoms with van der Waals surface area (Å²) in [6.45, 7) is 1.99. The maximum absolute atomic E-state index is 12.6. The quantitative estimate of drug-likeness (QED) is 0.545. The summed E-state index contributed by atoms with van der Waals surface area (Å²) in [7, 11) is 1.81. The van der Waals surface area contributed by atoms with E-state index in [9.17, 15) is 9.90 Å². The Morgan fingerprint density at radius 3 is 2.54 bits per heavy atom. The predicted molar refractivity (Wildman–Crippen MR) is 111 cm³/mol. The van der Waals surface area contributed by atoms with E-state index in [1.807, 2.05) is 19.1 Å². The number of carbonyl (C=O) groups excluding carboxylic acids is 1. The van der Waals surface area contributed by atoms with Gasteiger partial charge in [0.05, 0.1) is 0 Å². The summed E-state index contributed by atoms with van der Waals surface area (Å²) in [5, 5.41) is 14.5. The van der Waals surface area contributed by atoms with Gasteiger partial charge in [-0.15, -0.1) is 0 Å². The SMILES string of the molecule is CN1C(=O)CC(C)(C(O)NC2Cc3ccccc3C2)c2cc(I)ccc21. The predicted octanol–water partition coefficient (Wildman–Crippen LogP) is 2.99. The topological polar surface area (TPSA) is 52.6 Å². The van der Waals surface area contributed by atoms with Crippen molar-refractivity contribution in [3.63, 3.8) is 0 Å². The molecule has 1 aliphatic carbocycles. The van der Waals surface area contributed by atoms with Crippen LogP contribution in [0.3, 0.4) is 0 Å². The van der Waals surface area contributed by atoms with Crippen LogP contribution in [0.4, 0.5) is 5.69 Å². The third kappa shape index (κ3) is 2.96. The summed E-state index contributed by atoms with van der Waals surface area (Å²) in [4.78, 5) is 14.3. The molecule has 4 nitrogen and oxygen atoms in total. The van der Waals surface area contributed by atoms with Crippen molar-refractivity contribution in [3.05, 3.63) is 62.7 Å². The molecule has 2 N–H and O–H groups in total. The molecule has 26 heavy (non-hydrogen) atoms. The van der Waals surface area contributed by atoms with Gasteiger partial charge in [0.2, 0.25) is 5.91 Å². The molecule has 2 aliphatic rings. The van der Waals surface area contributed by atoms with Crippen LogP contribution in [0.25, 0.3) is 0 Å². The summed E-state index contributed by atoms with van der Waals surface area (Å²) in [6.07, 6.45) is 1.34. The Hall–Kier alpha value is -1.44. The van der Waals surface area contributed by atoms with Gasteiger partial charge in [-0.1, -0.05) is 31.2 Å². The number of anilines is 1. The number of aliphatic hydroxyl groups is 1. The van der Waals surface area contributed by atoms with Gasteiger partial charge in [-0.2, -0.15) is 0 Å². The zero-order valence-electron chi connectivity index (χ0n) is 15.0. The summed E-state index contributed by atoms with van der Waals surface area (Å²) in [6, 6.07) is 14.7. The fourth-order valence-electron chi connectivity index (χ4n) is 4.25. The molecule has 1 aliphatic heterocycles. The number of aliphatic hydroxyl groups excluding tert-OH is 1. The second-order valence-electron chi connectivity index (χ2n) is 7.65. The minimum Gasteiger partial charge on any atom is -0.378 e. The van der Waals surface area contributed by atoms with Gasteiger partial charge in [0.1, 0.15) is 6.23 Å². The molecule has 5 heteroatoms. The minimum absolute atomic E-state index is 0.0387. The molecule has 1 amide bonds. The summed E-state index contributed by atoms with van der Waals surface area (Å²) < 4.78 is 1.11. The average molecular weight is 462 g/mol. The molecule has 0 saturated carbocycles. The summed E-state index contributed by atoms with van der Waals surface area (Å²) in [5.41, 5.74) is 3.96. The Morgan fingerprint density at radius 1 is 1.23 bits per heavy atom. The van der Waals surface area contributed by atoms with Crippen LogP contribution in [0.1, 0.15) is 30.0 Å². The van der Waals surface area contributed by atoms with Gasteiger partial charge in [-0.3, -0.25) is 10.1 Å². The Morgan fingerprint density at radius 2 is 1.88 bits per heavy atom. The number of rotatable bonds is 3. The fourth-order valence-corrected chi connectivity index (χ4v) is 4.74. The van der Waals surface area contributed by atoms with Crippen LogP contribution in [0.5, 0.6) is 0 Å². The molecule has 1 heterocycles. The lowest BCUT2D eigenvalue weighted by molar-refractivity contribution is -0.121. The highest BCUT2D eigenvalue weighted by Gasteiger charge is 2.44. The first-order valence-corrected chi connectivity index (χ1v) is 10.0. The van der Waals surface area contributed by atoms with E-state index >= 15 is 0 Å². The Balaban J connectivity index is 1.61. The second kappa shape index (κ2) is 6.62. The maximum atomic E-state index is 12.6. The normalized spacial score (nSPS) is 23.7. The van der Waals surface area contributed by atoms with Crippen molar-refractivity contribution in [1.29, 1.82) is 0 Å². The van der Waals surface area contributed by atoms with Gasteiger partial charge in [0, 0.05) is 34.2 Å². The molecule has 2 aromatic carbocycles. The van der Waals surface area contributed by atoms with Gasteiger partial charge < -0.3 is 10.0 Å². The number of hydrogen-bond donors (Lipinski definition) is 2. The van der Waals surface area contributed by atoms with Crippen molar-refractivity contribution >= 4 is 34.2 Å². The highest BCUT2D eigenvalue weighted by molar-refractivity contribution is 14.1. The lowest BCUT2D eigenvalue weighted by Crippen LogP contribution is -2.55. The molecular weight excluding hydrogens is 439 g/mol. The van der Waals surface area contributed by atoms with Crippen LogP contribution in [-0.2, 0) is 23.1 Å². The van der Waals surface area contributed by atoms with Crippen LogP contribution < -0.4 is 10.2 Å². The van der Waals surface area contributed by atoms with E-state index in [0.717, 1.165) is 27.7 Å². The van der Waals surface area contributed by atoms with Gasteiger partial charge in [-0.25, -0.2) is 0 Å². The van der Waals surface area contributed by atoms with Crippen molar-refractivity contribution in [2.24, 2.45) is 0 Å². The largest absolute Gasteiger partial charge is 0.378 e. The third-order valence-electron chi connectivity index (χ3n) is 5.88. The number of nitrogens with zero attached hydrogens (tertiary/aromatic N) is 1. The zero-order chi connectivity index (χ0) is 18.5. The van der Waals surface area contributed by atoms with Gasteiger partial charge in [-0.05, 0) is 70.3 Å². The van der Waals surface area contributed by atoms with E-state index in [1.165, 1.54) is 11.1 Å². The highest BCUT2D eigenvalue weighted by atomic mass is 127. The first-order valence-electron chi connectivity index (χ1n) is 8.96. The van der Waals surface area contributed by atoms with Crippen LogP contribution >= 0.6 is 22.6 Å². The van der Waals surface area contributed by atoms with Crippen LogP contribution in [-0.4, -0.2) is 30.3 Å².